The van der Waals surface area contributed by atoms with Gasteiger partial charge in [0.05, 0.1) is 16.8 Å². The lowest BCUT2D eigenvalue weighted by molar-refractivity contribution is -0.119. The molecular formula is C10H12N4OS. The van der Waals surface area contributed by atoms with Crippen molar-refractivity contribution in [3.8, 4) is 0 Å². The third-order valence-electron chi connectivity index (χ3n) is 2.25. The number of thiophene rings is 1. The summed E-state index contributed by atoms with van der Waals surface area (Å²) in [6, 6.07) is 1.94. The van der Waals surface area contributed by atoms with Crippen LogP contribution in [0.5, 0.6) is 0 Å². The van der Waals surface area contributed by atoms with Crippen LogP contribution in [0.25, 0.3) is 10.2 Å². The molecule has 2 aromatic heterocycles. The van der Waals surface area contributed by atoms with Gasteiger partial charge in [-0.2, -0.15) is 0 Å². The Morgan fingerprint density at radius 3 is 3.12 bits per heavy atom. The second-order valence-electron chi connectivity index (χ2n) is 3.36. The Bertz CT molecular complexity index is 510. The molecule has 0 radical (unpaired) electrons. The quantitative estimate of drug-likeness (QED) is 0.859. The summed E-state index contributed by atoms with van der Waals surface area (Å²) in [4.78, 5) is 21.5. The molecule has 0 spiro atoms. The van der Waals surface area contributed by atoms with Crippen LogP contribution in [0.2, 0.25) is 0 Å². The number of hydrogen-bond donors (Lipinski definition) is 1. The largest absolute Gasteiger partial charge is 0.358 e. The van der Waals surface area contributed by atoms with Gasteiger partial charge in [0.15, 0.2) is 0 Å². The van der Waals surface area contributed by atoms with Gasteiger partial charge in [0.25, 0.3) is 0 Å². The highest BCUT2D eigenvalue weighted by Gasteiger charge is 2.11. The van der Waals surface area contributed by atoms with Crippen LogP contribution in [0.15, 0.2) is 17.8 Å². The van der Waals surface area contributed by atoms with E-state index in [2.05, 4.69) is 15.3 Å². The molecule has 0 aliphatic rings. The topological polar surface area (TPSA) is 58.1 Å². The van der Waals surface area contributed by atoms with Gasteiger partial charge in [-0.05, 0) is 11.4 Å². The molecule has 0 aliphatic carbocycles. The summed E-state index contributed by atoms with van der Waals surface area (Å²) >= 11 is 1.58. The van der Waals surface area contributed by atoms with E-state index in [4.69, 9.17) is 0 Å². The first-order valence-corrected chi connectivity index (χ1v) is 5.70. The molecule has 2 aromatic rings. The number of nitrogens with zero attached hydrogens (tertiary/aromatic N) is 3. The number of aromatic nitrogens is 2. The van der Waals surface area contributed by atoms with Crippen molar-refractivity contribution >= 4 is 33.3 Å². The maximum absolute atomic E-state index is 11.3. The highest BCUT2D eigenvalue weighted by atomic mass is 32.1. The smallest absolute Gasteiger partial charge is 0.239 e. The summed E-state index contributed by atoms with van der Waals surface area (Å²) in [5, 5.41) is 4.56. The second kappa shape index (κ2) is 4.44. The number of hydrogen-bond acceptors (Lipinski definition) is 5. The fourth-order valence-corrected chi connectivity index (χ4v) is 2.31. The number of carbonyl (C=O) groups excluding carboxylic acids is 1. The molecule has 0 saturated heterocycles. The average molecular weight is 236 g/mol. The number of carbonyl (C=O) groups is 1. The lowest BCUT2D eigenvalue weighted by atomic mass is 10.4. The summed E-state index contributed by atoms with van der Waals surface area (Å²) < 4.78 is 1.01. The SMILES string of the molecule is CNC(=O)CN(C)c1ncnc2ccsc12. The van der Waals surface area contributed by atoms with Gasteiger partial charge in [0.2, 0.25) is 5.91 Å². The number of likely N-dealkylation sites (N-methyl/N-ethyl adjacent to an activating group) is 2. The fraction of sp³-hybridized carbons (Fsp3) is 0.300. The van der Waals surface area contributed by atoms with Crippen molar-refractivity contribution in [1.29, 1.82) is 0 Å². The molecule has 1 amide bonds. The summed E-state index contributed by atoms with van der Waals surface area (Å²) in [6.45, 7) is 0.292. The molecule has 16 heavy (non-hydrogen) atoms. The molecule has 0 aromatic carbocycles. The molecule has 0 saturated carbocycles. The second-order valence-corrected chi connectivity index (χ2v) is 4.28. The molecule has 6 heteroatoms. The number of amides is 1. The van der Waals surface area contributed by atoms with Crippen molar-refractivity contribution in [2.75, 3.05) is 25.5 Å². The number of anilines is 1. The third kappa shape index (κ3) is 1.96. The minimum Gasteiger partial charge on any atom is -0.358 e. The Kier molecular flexibility index (Phi) is 3.00. The van der Waals surface area contributed by atoms with E-state index >= 15 is 0 Å². The van der Waals surface area contributed by atoms with Crippen LogP contribution in [-0.4, -0.2) is 36.5 Å². The number of rotatable bonds is 3. The van der Waals surface area contributed by atoms with E-state index in [1.165, 1.54) is 6.33 Å². The minimum absolute atomic E-state index is 0.0363. The monoisotopic (exact) mass is 236 g/mol. The van der Waals surface area contributed by atoms with Crippen molar-refractivity contribution in [2.24, 2.45) is 0 Å². The average Bonchev–Trinajstić information content (AvgIpc) is 2.76. The van der Waals surface area contributed by atoms with E-state index in [1.54, 1.807) is 18.4 Å². The van der Waals surface area contributed by atoms with Crippen LogP contribution < -0.4 is 10.2 Å². The van der Waals surface area contributed by atoms with Crippen molar-refractivity contribution in [3.63, 3.8) is 0 Å². The molecule has 0 bridgehead atoms. The molecule has 5 nitrogen and oxygen atoms in total. The standard InChI is InChI=1S/C10H12N4OS/c1-11-8(15)5-14(2)10-9-7(3-4-16-9)12-6-13-10/h3-4,6H,5H2,1-2H3,(H,11,15). The molecule has 84 valence electrons. The maximum Gasteiger partial charge on any atom is 0.239 e. The number of fused-ring (bicyclic) bond motifs is 1. The first kappa shape index (κ1) is 10.8. The van der Waals surface area contributed by atoms with E-state index in [0.717, 1.165) is 16.0 Å². The van der Waals surface area contributed by atoms with Gasteiger partial charge in [-0.3, -0.25) is 4.79 Å². The fourth-order valence-electron chi connectivity index (χ4n) is 1.42. The molecular weight excluding hydrogens is 224 g/mol. The van der Waals surface area contributed by atoms with Crippen LogP contribution >= 0.6 is 11.3 Å². The van der Waals surface area contributed by atoms with Crippen LogP contribution in [0.1, 0.15) is 0 Å². The molecule has 0 atom stereocenters. The van der Waals surface area contributed by atoms with Gasteiger partial charge in [0, 0.05) is 14.1 Å². The molecule has 0 unspecified atom stereocenters. The predicted octanol–water partition coefficient (Wildman–Crippen LogP) is 0.873. The van der Waals surface area contributed by atoms with Gasteiger partial charge in [-0.25, -0.2) is 9.97 Å². The predicted molar refractivity (Wildman–Crippen MR) is 64.8 cm³/mol. The van der Waals surface area contributed by atoms with Crippen LogP contribution in [0.3, 0.4) is 0 Å². The normalized spacial score (nSPS) is 10.4. The van der Waals surface area contributed by atoms with Crippen LogP contribution in [0, 0.1) is 0 Å². The van der Waals surface area contributed by atoms with Gasteiger partial charge in [-0.15, -0.1) is 11.3 Å². The van der Waals surface area contributed by atoms with Crippen molar-refractivity contribution < 1.29 is 4.79 Å². The van der Waals surface area contributed by atoms with Gasteiger partial charge in [0.1, 0.15) is 12.1 Å². The minimum atomic E-state index is -0.0363. The molecule has 2 heterocycles. The van der Waals surface area contributed by atoms with E-state index in [0.29, 0.717) is 6.54 Å². The van der Waals surface area contributed by atoms with Crippen molar-refractivity contribution in [3.05, 3.63) is 17.8 Å². The lowest BCUT2D eigenvalue weighted by Gasteiger charge is -2.17. The summed E-state index contributed by atoms with van der Waals surface area (Å²) in [5.41, 5.74) is 0.916. The van der Waals surface area contributed by atoms with E-state index < -0.39 is 0 Å². The summed E-state index contributed by atoms with van der Waals surface area (Å²) in [6.07, 6.45) is 1.52. The zero-order chi connectivity index (χ0) is 11.5. The Morgan fingerprint density at radius 2 is 2.38 bits per heavy atom. The van der Waals surface area contributed by atoms with Gasteiger partial charge < -0.3 is 10.2 Å². The zero-order valence-electron chi connectivity index (χ0n) is 9.10. The van der Waals surface area contributed by atoms with E-state index in [9.17, 15) is 4.79 Å². The Morgan fingerprint density at radius 1 is 1.56 bits per heavy atom. The molecule has 2 rings (SSSR count). The Hall–Kier alpha value is -1.69. The third-order valence-corrected chi connectivity index (χ3v) is 3.15. The van der Waals surface area contributed by atoms with Gasteiger partial charge in [-0.1, -0.05) is 0 Å². The molecule has 0 fully saturated rings. The molecule has 1 N–H and O–H groups in total. The Balaban J connectivity index is 2.32. The van der Waals surface area contributed by atoms with Crippen LogP contribution in [-0.2, 0) is 4.79 Å². The van der Waals surface area contributed by atoms with Crippen LogP contribution in [0.4, 0.5) is 5.82 Å². The van der Waals surface area contributed by atoms with Crippen molar-refractivity contribution in [2.45, 2.75) is 0 Å². The number of nitrogens with one attached hydrogen (secondary N) is 1. The van der Waals surface area contributed by atoms with E-state index in [1.807, 2.05) is 23.4 Å². The first-order valence-electron chi connectivity index (χ1n) is 4.82. The lowest BCUT2D eigenvalue weighted by Crippen LogP contribution is -2.33. The van der Waals surface area contributed by atoms with Crippen molar-refractivity contribution in [1.82, 2.24) is 15.3 Å². The Labute approximate surface area is 97.1 Å². The maximum atomic E-state index is 11.3. The summed E-state index contributed by atoms with van der Waals surface area (Å²) in [7, 11) is 3.47. The highest BCUT2D eigenvalue weighted by Crippen LogP contribution is 2.26. The first-order chi connectivity index (χ1) is 7.72. The highest BCUT2D eigenvalue weighted by molar-refractivity contribution is 7.17. The molecule has 0 aliphatic heterocycles. The van der Waals surface area contributed by atoms with E-state index in [-0.39, 0.29) is 5.91 Å². The van der Waals surface area contributed by atoms with Gasteiger partial charge >= 0.3 is 0 Å². The summed E-state index contributed by atoms with van der Waals surface area (Å²) in [5.74, 6) is 0.759. The zero-order valence-corrected chi connectivity index (χ0v) is 9.91.